The Morgan fingerprint density at radius 1 is 1.38 bits per heavy atom. The number of benzene rings is 1. The first-order chi connectivity index (χ1) is 9.72. The third-order valence-corrected chi connectivity index (χ3v) is 4.81. The molecule has 1 aromatic rings. The van der Waals surface area contributed by atoms with Crippen molar-refractivity contribution in [2.75, 3.05) is 11.9 Å². The molecule has 7 heteroatoms. The Labute approximate surface area is 125 Å². The van der Waals surface area contributed by atoms with E-state index >= 15 is 0 Å². The number of rotatable bonds is 3. The second-order valence-corrected chi connectivity index (χ2v) is 7.54. The van der Waals surface area contributed by atoms with E-state index < -0.39 is 10.0 Å². The Morgan fingerprint density at radius 2 is 2.05 bits per heavy atom. The zero-order valence-corrected chi connectivity index (χ0v) is 13.0. The fourth-order valence-electron chi connectivity index (χ4n) is 2.68. The standard InChI is InChI=1S/C14H21N3O3S/c1-14(2)8-5-9-16-12(14)13(18)17-10-6-3-4-7-11(10)21(15,19)20/h3-4,6-7,12,16H,5,8-9H2,1-2H3,(H,17,18)(H2,15,19,20). The van der Waals surface area contributed by atoms with Crippen LogP contribution in [0.5, 0.6) is 0 Å². The van der Waals surface area contributed by atoms with Gasteiger partial charge in [-0.25, -0.2) is 13.6 Å². The van der Waals surface area contributed by atoms with Crippen LogP contribution in [0.3, 0.4) is 0 Å². The number of primary sulfonamides is 1. The highest BCUT2D eigenvalue weighted by Crippen LogP contribution is 2.31. The summed E-state index contributed by atoms with van der Waals surface area (Å²) in [6.45, 7) is 4.82. The zero-order chi connectivity index (χ0) is 15.7. The molecular weight excluding hydrogens is 290 g/mol. The molecule has 0 radical (unpaired) electrons. The average Bonchev–Trinajstić information content (AvgIpc) is 2.37. The van der Waals surface area contributed by atoms with Crippen LogP contribution >= 0.6 is 0 Å². The van der Waals surface area contributed by atoms with Crippen molar-refractivity contribution >= 4 is 21.6 Å². The minimum absolute atomic E-state index is 0.0769. The Morgan fingerprint density at radius 3 is 2.67 bits per heavy atom. The van der Waals surface area contributed by atoms with Crippen LogP contribution in [0.4, 0.5) is 5.69 Å². The van der Waals surface area contributed by atoms with Crippen LogP contribution in [0, 0.1) is 5.41 Å². The molecule has 0 spiro atoms. The van der Waals surface area contributed by atoms with Crippen LogP contribution in [0.1, 0.15) is 26.7 Å². The number of piperidine rings is 1. The second kappa shape index (κ2) is 5.75. The molecule has 0 saturated carbocycles. The van der Waals surface area contributed by atoms with Gasteiger partial charge in [0, 0.05) is 0 Å². The molecule has 1 heterocycles. The molecule has 6 nitrogen and oxygen atoms in total. The summed E-state index contributed by atoms with van der Waals surface area (Å²) in [6, 6.07) is 5.78. The summed E-state index contributed by atoms with van der Waals surface area (Å²) in [5, 5.41) is 11.0. The van der Waals surface area contributed by atoms with Crippen molar-refractivity contribution in [2.45, 2.75) is 37.6 Å². The Balaban J connectivity index is 2.25. The number of nitrogens with one attached hydrogen (secondary N) is 2. The van der Waals surface area contributed by atoms with Crippen LogP contribution in [-0.2, 0) is 14.8 Å². The monoisotopic (exact) mass is 311 g/mol. The maximum Gasteiger partial charge on any atom is 0.242 e. The molecule has 1 fully saturated rings. The van der Waals surface area contributed by atoms with Gasteiger partial charge in [-0.3, -0.25) is 4.79 Å². The number of nitrogens with two attached hydrogens (primary N) is 1. The first-order valence-corrected chi connectivity index (χ1v) is 8.42. The maximum atomic E-state index is 12.5. The SMILES string of the molecule is CC1(C)CCCNC1C(=O)Nc1ccccc1S(N)(=O)=O. The highest BCUT2D eigenvalue weighted by Gasteiger charge is 2.37. The van der Waals surface area contributed by atoms with E-state index in [0.29, 0.717) is 0 Å². The van der Waals surface area contributed by atoms with Crippen LogP contribution in [0.15, 0.2) is 29.2 Å². The lowest BCUT2D eigenvalue weighted by atomic mass is 9.77. The molecule has 1 aromatic carbocycles. The van der Waals surface area contributed by atoms with Gasteiger partial charge in [0.1, 0.15) is 4.90 Å². The highest BCUT2D eigenvalue weighted by molar-refractivity contribution is 7.89. The van der Waals surface area contributed by atoms with Gasteiger partial charge in [0.2, 0.25) is 15.9 Å². The Kier molecular flexibility index (Phi) is 4.36. The summed E-state index contributed by atoms with van der Waals surface area (Å²) >= 11 is 0. The van der Waals surface area contributed by atoms with Gasteiger partial charge in [-0.2, -0.15) is 0 Å². The smallest absolute Gasteiger partial charge is 0.242 e. The average molecular weight is 311 g/mol. The van der Waals surface area contributed by atoms with Crippen LogP contribution < -0.4 is 15.8 Å². The van der Waals surface area contributed by atoms with Crippen molar-refractivity contribution in [1.82, 2.24) is 5.32 Å². The minimum atomic E-state index is -3.87. The summed E-state index contributed by atoms with van der Waals surface area (Å²) in [6.07, 6.45) is 1.96. The normalized spacial score (nSPS) is 21.8. The molecule has 2 rings (SSSR count). The van der Waals surface area contributed by atoms with E-state index in [4.69, 9.17) is 5.14 Å². The van der Waals surface area contributed by atoms with Gasteiger partial charge >= 0.3 is 0 Å². The van der Waals surface area contributed by atoms with E-state index in [1.807, 2.05) is 13.8 Å². The molecule has 21 heavy (non-hydrogen) atoms. The fraction of sp³-hybridized carbons (Fsp3) is 0.500. The Hall–Kier alpha value is -1.44. The van der Waals surface area contributed by atoms with E-state index in [1.54, 1.807) is 12.1 Å². The van der Waals surface area contributed by atoms with Crippen molar-refractivity contribution in [2.24, 2.45) is 10.6 Å². The third-order valence-electron chi connectivity index (χ3n) is 3.84. The lowest BCUT2D eigenvalue weighted by Gasteiger charge is -2.38. The molecule has 1 atom stereocenters. The van der Waals surface area contributed by atoms with Crippen LogP contribution in [-0.4, -0.2) is 26.9 Å². The molecule has 0 aliphatic carbocycles. The zero-order valence-electron chi connectivity index (χ0n) is 12.2. The quantitative estimate of drug-likeness (QED) is 0.776. The molecular formula is C14H21N3O3S. The summed E-state index contributed by atoms with van der Waals surface area (Å²) < 4.78 is 23.1. The number of carbonyl (C=O) groups is 1. The molecule has 1 aliphatic heterocycles. The third kappa shape index (κ3) is 3.61. The highest BCUT2D eigenvalue weighted by atomic mass is 32.2. The van der Waals surface area contributed by atoms with E-state index in [0.717, 1.165) is 19.4 Å². The van der Waals surface area contributed by atoms with Gasteiger partial charge in [-0.1, -0.05) is 26.0 Å². The number of sulfonamides is 1. The van der Waals surface area contributed by atoms with E-state index in [9.17, 15) is 13.2 Å². The summed E-state index contributed by atoms with van der Waals surface area (Å²) in [7, 11) is -3.87. The summed E-state index contributed by atoms with van der Waals surface area (Å²) in [4.78, 5) is 12.4. The molecule has 0 aromatic heterocycles. The molecule has 1 unspecified atom stereocenters. The molecule has 1 saturated heterocycles. The van der Waals surface area contributed by atoms with E-state index in [-0.39, 0.29) is 27.9 Å². The van der Waals surface area contributed by atoms with Gasteiger partial charge in [0.15, 0.2) is 0 Å². The largest absolute Gasteiger partial charge is 0.323 e. The second-order valence-electron chi connectivity index (χ2n) is 6.01. The van der Waals surface area contributed by atoms with Crippen molar-refractivity contribution < 1.29 is 13.2 Å². The van der Waals surface area contributed by atoms with Crippen LogP contribution in [0.2, 0.25) is 0 Å². The number of amides is 1. The van der Waals surface area contributed by atoms with Crippen molar-refractivity contribution in [3.05, 3.63) is 24.3 Å². The molecule has 4 N–H and O–H groups in total. The summed E-state index contributed by atoms with van der Waals surface area (Å²) in [5.74, 6) is -0.240. The van der Waals surface area contributed by atoms with Crippen molar-refractivity contribution in [3.63, 3.8) is 0 Å². The van der Waals surface area contributed by atoms with E-state index in [2.05, 4.69) is 10.6 Å². The first-order valence-electron chi connectivity index (χ1n) is 6.88. The fourth-order valence-corrected chi connectivity index (χ4v) is 3.38. The van der Waals surface area contributed by atoms with Crippen molar-refractivity contribution in [3.8, 4) is 0 Å². The molecule has 116 valence electrons. The Bertz CT molecular complexity index is 641. The predicted octanol–water partition coefficient (Wildman–Crippen LogP) is 1.05. The number of anilines is 1. The first kappa shape index (κ1) is 15.9. The molecule has 1 amide bonds. The van der Waals surface area contributed by atoms with Gasteiger partial charge in [-0.15, -0.1) is 0 Å². The number of hydrogen-bond acceptors (Lipinski definition) is 4. The van der Waals surface area contributed by atoms with Gasteiger partial charge in [-0.05, 0) is 36.9 Å². The van der Waals surface area contributed by atoms with Gasteiger partial charge in [0.05, 0.1) is 11.7 Å². The minimum Gasteiger partial charge on any atom is -0.323 e. The molecule has 0 bridgehead atoms. The number of hydrogen-bond donors (Lipinski definition) is 3. The van der Waals surface area contributed by atoms with Gasteiger partial charge < -0.3 is 10.6 Å². The van der Waals surface area contributed by atoms with Crippen LogP contribution in [0.25, 0.3) is 0 Å². The summed E-state index contributed by atoms with van der Waals surface area (Å²) in [5.41, 5.74) is 0.0342. The molecule has 1 aliphatic rings. The maximum absolute atomic E-state index is 12.5. The topological polar surface area (TPSA) is 101 Å². The van der Waals surface area contributed by atoms with E-state index in [1.165, 1.54) is 12.1 Å². The number of carbonyl (C=O) groups excluding carboxylic acids is 1. The predicted molar refractivity (Wildman–Crippen MR) is 81.3 cm³/mol. The van der Waals surface area contributed by atoms with Gasteiger partial charge in [0.25, 0.3) is 0 Å². The lowest BCUT2D eigenvalue weighted by Crippen LogP contribution is -2.53. The number of para-hydroxylation sites is 1. The lowest BCUT2D eigenvalue weighted by molar-refractivity contribution is -0.121. The van der Waals surface area contributed by atoms with Crippen molar-refractivity contribution in [1.29, 1.82) is 0 Å².